The van der Waals surface area contributed by atoms with Gasteiger partial charge >= 0.3 is 0 Å². The summed E-state index contributed by atoms with van der Waals surface area (Å²) in [5.74, 6) is 0.816. The Labute approximate surface area is 114 Å². The van der Waals surface area contributed by atoms with E-state index in [0.29, 0.717) is 0 Å². The van der Waals surface area contributed by atoms with E-state index in [9.17, 15) is 0 Å². The van der Waals surface area contributed by atoms with E-state index in [1.165, 1.54) is 11.1 Å². The highest BCUT2D eigenvalue weighted by molar-refractivity contribution is 5.42. The fourth-order valence-electron chi connectivity index (χ4n) is 2.30. The van der Waals surface area contributed by atoms with Gasteiger partial charge in [-0.15, -0.1) is 0 Å². The highest BCUT2D eigenvalue weighted by Crippen LogP contribution is 2.30. The Morgan fingerprint density at radius 2 is 2.00 bits per heavy atom. The Morgan fingerprint density at radius 3 is 2.68 bits per heavy atom. The lowest BCUT2D eigenvalue weighted by Crippen LogP contribution is -2.23. The zero-order valence-electron chi connectivity index (χ0n) is 11.7. The van der Waals surface area contributed by atoms with Crippen LogP contribution >= 0.6 is 0 Å². The lowest BCUT2D eigenvalue weighted by Gasteiger charge is -2.22. The molecule has 100 valence electrons. The Hall–Kier alpha value is -1.87. The number of nitrogens with one attached hydrogen (secondary N) is 1. The number of ether oxygens (including phenoxy) is 1. The fraction of sp³-hybridized carbons (Fsp3) is 0.312. The van der Waals surface area contributed by atoms with Crippen LogP contribution in [0, 0.1) is 6.92 Å². The summed E-state index contributed by atoms with van der Waals surface area (Å²) in [6.07, 6.45) is 3.57. The molecular weight excluding hydrogens is 236 g/mol. The SMILES string of the molecule is CCNC(c1ccccc1C)c1ccncc1OC. The zero-order valence-corrected chi connectivity index (χ0v) is 11.7. The van der Waals surface area contributed by atoms with Gasteiger partial charge in [-0.3, -0.25) is 4.98 Å². The van der Waals surface area contributed by atoms with E-state index in [1.807, 2.05) is 6.07 Å². The van der Waals surface area contributed by atoms with Crippen molar-refractivity contribution in [3.05, 3.63) is 59.4 Å². The third-order valence-corrected chi connectivity index (χ3v) is 3.26. The number of benzene rings is 1. The van der Waals surface area contributed by atoms with Crippen LogP contribution in [0.1, 0.15) is 29.7 Å². The summed E-state index contributed by atoms with van der Waals surface area (Å²) in [7, 11) is 1.68. The summed E-state index contributed by atoms with van der Waals surface area (Å²) in [5.41, 5.74) is 3.66. The van der Waals surface area contributed by atoms with Crippen LogP contribution in [0.5, 0.6) is 5.75 Å². The third-order valence-electron chi connectivity index (χ3n) is 3.26. The van der Waals surface area contributed by atoms with Crippen molar-refractivity contribution in [3.8, 4) is 5.75 Å². The van der Waals surface area contributed by atoms with Crippen molar-refractivity contribution >= 4 is 0 Å². The molecule has 2 rings (SSSR count). The van der Waals surface area contributed by atoms with Crippen molar-refractivity contribution in [2.75, 3.05) is 13.7 Å². The monoisotopic (exact) mass is 256 g/mol. The fourth-order valence-corrected chi connectivity index (χ4v) is 2.30. The van der Waals surface area contributed by atoms with Crippen LogP contribution in [0.2, 0.25) is 0 Å². The van der Waals surface area contributed by atoms with Crippen LogP contribution < -0.4 is 10.1 Å². The van der Waals surface area contributed by atoms with E-state index in [1.54, 1.807) is 19.5 Å². The maximum Gasteiger partial charge on any atom is 0.142 e. The molecule has 0 bridgehead atoms. The Balaban J connectivity index is 2.49. The number of methoxy groups -OCH3 is 1. The molecule has 1 atom stereocenters. The number of nitrogens with zero attached hydrogens (tertiary/aromatic N) is 1. The highest BCUT2D eigenvalue weighted by Gasteiger charge is 2.18. The molecule has 0 saturated heterocycles. The molecule has 2 aromatic rings. The predicted molar refractivity (Wildman–Crippen MR) is 77.5 cm³/mol. The predicted octanol–water partition coefficient (Wildman–Crippen LogP) is 3.10. The number of rotatable bonds is 5. The second kappa shape index (κ2) is 6.34. The molecule has 3 heteroatoms. The maximum absolute atomic E-state index is 5.43. The summed E-state index contributed by atoms with van der Waals surface area (Å²) >= 11 is 0. The van der Waals surface area contributed by atoms with Gasteiger partial charge in [-0.25, -0.2) is 0 Å². The Bertz CT molecular complexity index is 540. The first-order valence-electron chi connectivity index (χ1n) is 6.54. The van der Waals surface area contributed by atoms with E-state index >= 15 is 0 Å². The first-order valence-corrected chi connectivity index (χ1v) is 6.54. The van der Waals surface area contributed by atoms with E-state index in [4.69, 9.17) is 4.74 Å². The van der Waals surface area contributed by atoms with Gasteiger partial charge in [-0.2, -0.15) is 0 Å². The van der Waals surface area contributed by atoms with E-state index in [0.717, 1.165) is 17.9 Å². The minimum absolute atomic E-state index is 0.129. The summed E-state index contributed by atoms with van der Waals surface area (Å²) in [4.78, 5) is 4.12. The van der Waals surface area contributed by atoms with Crippen LogP contribution in [0.3, 0.4) is 0 Å². The Morgan fingerprint density at radius 1 is 1.21 bits per heavy atom. The molecule has 3 nitrogen and oxygen atoms in total. The molecule has 1 aromatic heterocycles. The topological polar surface area (TPSA) is 34.2 Å². The van der Waals surface area contributed by atoms with Gasteiger partial charge in [0.15, 0.2) is 0 Å². The van der Waals surface area contributed by atoms with Crippen molar-refractivity contribution in [3.63, 3.8) is 0 Å². The van der Waals surface area contributed by atoms with Crippen molar-refractivity contribution in [2.45, 2.75) is 19.9 Å². The maximum atomic E-state index is 5.43. The summed E-state index contributed by atoms with van der Waals surface area (Å²) in [6.45, 7) is 5.14. The third kappa shape index (κ3) is 2.93. The lowest BCUT2D eigenvalue weighted by molar-refractivity contribution is 0.402. The molecular formula is C16H20N2O. The second-order valence-corrected chi connectivity index (χ2v) is 4.46. The summed E-state index contributed by atoms with van der Waals surface area (Å²) in [5, 5.41) is 3.52. The molecule has 0 amide bonds. The number of pyridine rings is 1. The summed E-state index contributed by atoms with van der Waals surface area (Å²) in [6, 6.07) is 10.6. The number of hydrogen-bond acceptors (Lipinski definition) is 3. The van der Waals surface area contributed by atoms with Gasteiger partial charge in [0, 0.05) is 11.8 Å². The van der Waals surface area contributed by atoms with Gasteiger partial charge < -0.3 is 10.1 Å². The minimum Gasteiger partial charge on any atom is -0.495 e. The zero-order chi connectivity index (χ0) is 13.7. The molecule has 1 N–H and O–H groups in total. The van der Waals surface area contributed by atoms with Crippen LogP contribution in [-0.4, -0.2) is 18.6 Å². The van der Waals surface area contributed by atoms with E-state index in [2.05, 4.69) is 48.4 Å². The smallest absolute Gasteiger partial charge is 0.142 e. The van der Waals surface area contributed by atoms with Crippen molar-refractivity contribution < 1.29 is 4.74 Å². The molecule has 1 heterocycles. The molecule has 1 unspecified atom stereocenters. The van der Waals surface area contributed by atoms with Gasteiger partial charge in [-0.1, -0.05) is 31.2 Å². The Kier molecular flexibility index (Phi) is 4.53. The summed E-state index contributed by atoms with van der Waals surface area (Å²) < 4.78 is 5.43. The highest BCUT2D eigenvalue weighted by atomic mass is 16.5. The van der Waals surface area contributed by atoms with Crippen LogP contribution in [-0.2, 0) is 0 Å². The van der Waals surface area contributed by atoms with Crippen molar-refractivity contribution in [2.24, 2.45) is 0 Å². The number of aryl methyl sites for hydroxylation is 1. The first-order chi connectivity index (χ1) is 9.27. The van der Waals surface area contributed by atoms with Gasteiger partial charge in [0.1, 0.15) is 5.75 Å². The van der Waals surface area contributed by atoms with Crippen molar-refractivity contribution in [1.82, 2.24) is 10.3 Å². The standard InChI is InChI=1S/C16H20N2O/c1-4-18-16(13-8-6-5-7-12(13)2)14-9-10-17-11-15(14)19-3/h5-11,16,18H,4H2,1-3H3. The largest absolute Gasteiger partial charge is 0.495 e. The lowest BCUT2D eigenvalue weighted by atomic mass is 9.95. The molecule has 0 aliphatic heterocycles. The van der Waals surface area contributed by atoms with Crippen LogP contribution in [0.4, 0.5) is 0 Å². The number of aromatic nitrogens is 1. The van der Waals surface area contributed by atoms with Crippen LogP contribution in [0.25, 0.3) is 0 Å². The average molecular weight is 256 g/mol. The minimum atomic E-state index is 0.129. The van der Waals surface area contributed by atoms with Gasteiger partial charge in [-0.05, 0) is 30.7 Å². The quantitative estimate of drug-likeness (QED) is 0.892. The van der Waals surface area contributed by atoms with Gasteiger partial charge in [0.05, 0.1) is 19.3 Å². The average Bonchev–Trinajstić information content (AvgIpc) is 2.46. The molecule has 19 heavy (non-hydrogen) atoms. The molecule has 0 fully saturated rings. The van der Waals surface area contributed by atoms with Crippen LogP contribution in [0.15, 0.2) is 42.7 Å². The molecule has 1 aromatic carbocycles. The van der Waals surface area contributed by atoms with Crippen molar-refractivity contribution in [1.29, 1.82) is 0 Å². The molecule has 0 saturated carbocycles. The molecule has 0 spiro atoms. The number of hydrogen-bond donors (Lipinski definition) is 1. The van der Waals surface area contributed by atoms with Gasteiger partial charge in [0.25, 0.3) is 0 Å². The van der Waals surface area contributed by atoms with Gasteiger partial charge in [0.2, 0.25) is 0 Å². The molecule has 0 aliphatic rings. The molecule has 0 aliphatic carbocycles. The molecule has 0 radical (unpaired) electrons. The first kappa shape index (κ1) is 13.6. The van der Waals surface area contributed by atoms with E-state index < -0.39 is 0 Å². The normalized spacial score (nSPS) is 12.2. The van der Waals surface area contributed by atoms with E-state index in [-0.39, 0.29) is 6.04 Å². The second-order valence-electron chi connectivity index (χ2n) is 4.46.